The van der Waals surface area contributed by atoms with Crippen LogP contribution in [0.1, 0.15) is 122 Å². The van der Waals surface area contributed by atoms with E-state index in [4.69, 9.17) is 4.74 Å². The van der Waals surface area contributed by atoms with Gasteiger partial charge in [-0.1, -0.05) is 89.1 Å². The summed E-state index contributed by atoms with van der Waals surface area (Å²) in [5.41, 5.74) is 0.949. The minimum atomic E-state index is -0.813. The summed E-state index contributed by atoms with van der Waals surface area (Å²) in [7, 11) is 0. The SMILES string of the molecule is C=Cc1cccc(C(C(=O)NC2CCCCC2)N(CCCCCCCC)C(=O)C(CCSC)NC(=O)OC(C)(C)C)c1. The van der Waals surface area contributed by atoms with Gasteiger partial charge in [-0.3, -0.25) is 9.59 Å². The van der Waals surface area contributed by atoms with Gasteiger partial charge in [0.15, 0.2) is 0 Å². The fourth-order valence-electron chi connectivity index (χ4n) is 5.43. The van der Waals surface area contributed by atoms with Gasteiger partial charge in [0, 0.05) is 12.6 Å². The van der Waals surface area contributed by atoms with E-state index in [1.165, 1.54) is 19.3 Å². The smallest absolute Gasteiger partial charge is 0.408 e. The Bertz CT molecular complexity index is 987. The molecule has 0 saturated heterocycles. The van der Waals surface area contributed by atoms with E-state index in [1.807, 2.05) is 30.5 Å². The Kier molecular flexibility index (Phi) is 16.1. The number of ether oxygens (including phenoxy) is 1. The molecule has 1 aromatic carbocycles. The van der Waals surface area contributed by atoms with E-state index >= 15 is 0 Å². The van der Waals surface area contributed by atoms with E-state index in [-0.39, 0.29) is 17.9 Å². The second kappa shape index (κ2) is 18.9. The minimum absolute atomic E-state index is 0.106. The van der Waals surface area contributed by atoms with Crippen molar-refractivity contribution in [3.63, 3.8) is 0 Å². The quantitative estimate of drug-likeness (QED) is 0.179. The zero-order valence-electron chi connectivity index (χ0n) is 26.7. The minimum Gasteiger partial charge on any atom is -0.444 e. The van der Waals surface area contributed by atoms with Gasteiger partial charge in [-0.15, -0.1) is 0 Å². The van der Waals surface area contributed by atoms with E-state index in [2.05, 4.69) is 24.1 Å². The number of unbranched alkanes of at least 4 members (excludes halogenated alkanes) is 5. The second-order valence-corrected chi connectivity index (χ2v) is 13.4. The molecule has 2 atom stereocenters. The van der Waals surface area contributed by atoms with Crippen LogP contribution in [-0.2, 0) is 14.3 Å². The Morgan fingerprint density at radius 2 is 1.79 bits per heavy atom. The lowest BCUT2D eigenvalue weighted by Crippen LogP contribution is -2.54. The van der Waals surface area contributed by atoms with Crippen LogP contribution in [0.4, 0.5) is 4.79 Å². The van der Waals surface area contributed by atoms with Crippen LogP contribution in [0, 0.1) is 0 Å². The molecule has 0 bridgehead atoms. The highest BCUT2D eigenvalue weighted by molar-refractivity contribution is 7.98. The third-order valence-corrected chi connectivity index (χ3v) is 8.25. The summed E-state index contributed by atoms with van der Waals surface area (Å²) in [5.74, 6) is 0.265. The largest absolute Gasteiger partial charge is 0.444 e. The van der Waals surface area contributed by atoms with Crippen molar-refractivity contribution in [1.29, 1.82) is 0 Å². The lowest BCUT2D eigenvalue weighted by Gasteiger charge is -2.36. The number of amides is 3. The molecule has 0 aliphatic heterocycles. The zero-order chi connectivity index (χ0) is 31.0. The monoisotopic (exact) mass is 601 g/mol. The van der Waals surface area contributed by atoms with Gasteiger partial charge < -0.3 is 20.3 Å². The topological polar surface area (TPSA) is 87.7 Å². The normalized spacial score (nSPS) is 15.4. The highest BCUT2D eigenvalue weighted by atomic mass is 32.2. The number of alkyl carbamates (subject to hydrolysis) is 1. The first-order valence-corrected chi connectivity index (χ1v) is 17.3. The molecular formula is C34H55N3O4S. The third kappa shape index (κ3) is 12.8. The van der Waals surface area contributed by atoms with Gasteiger partial charge in [0.05, 0.1) is 0 Å². The molecule has 1 aliphatic carbocycles. The molecule has 2 unspecified atom stereocenters. The summed E-state index contributed by atoms with van der Waals surface area (Å²) >= 11 is 1.61. The first-order valence-electron chi connectivity index (χ1n) is 15.9. The van der Waals surface area contributed by atoms with E-state index in [0.717, 1.165) is 62.5 Å². The molecule has 1 saturated carbocycles. The Hall–Kier alpha value is -2.48. The number of thioether (sulfide) groups is 1. The molecule has 7 nitrogen and oxygen atoms in total. The molecule has 0 heterocycles. The maximum Gasteiger partial charge on any atom is 0.408 e. The summed E-state index contributed by atoms with van der Waals surface area (Å²) in [4.78, 5) is 43.1. The molecule has 0 radical (unpaired) electrons. The van der Waals surface area contributed by atoms with Crippen molar-refractivity contribution in [3.05, 3.63) is 42.0 Å². The molecule has 1 aromatic rings. The van der Waals surface area contributed by atoms with Crippen LogP contribution in [0.15, 0.2) is 30.8 Å². The zero-order valence-corrected chi connectivity index (χ0v) is 27.5. The molecular weight excluding hydrogens is 546 g/mol. The number of benzene rings is 1. The van der Waals surface area contributed by atoms with Crippen molar-refractivity contribution < 1.29 is 19.1 Å². The lowest BCUT2D eigenvalue weighted by molar-refractivity contribution is -0.143. The number of carbonyl (C=O) groups excluding carboxylic acids is 3. The molecule has 0 spiro atoms. The van der Waals surface area contributed by atoms with E-state index in [0.29, 0.717) is 18.7 Å². The molecule has 0 aromatic heterocycles. The lowest BCUT2D eigenvalue weighted by atomic mass is 9.94. The maximum absolute atomic E-state index is 14.4. The van der Waals surface area contributed by atoms with Crippen molar-refractivity contribution >= 4 is 35.7 Å². The summed E-state index contributed by atoms with van der Waals surface area (Å²) in [6, 6.07) is 6.19. The molecule has 2 rings (SSSR count). The Morgan fingerprint density at radius 3 is 2.43 bits per heavy atom. The van der Waals surface area contributed by atoms with Crippen molar-refractivity contribution in [2.75, 3.05) is 18.6 Å². The van der Waals surface area contributed by atoms with Gasteiger partial charge in [-0.05, 0) is 75.7 Å². The predicted octanol–water partition coefficient (Wildman–Crippen LogP) is 7.66. The highest BCUT2D eigenvalue weighted by Crippen LogP contribution is 2.27. The van der Waals surface area contributed by atoms with Crippen molar-refractivity contribution in [3.8, 4) is 0 Å². The summed E-state index contributed by atoms with van der Waals surface area (Å²) in [5, 5.41) is 6.13. The van der Waals surface area contributed by atoms with Gasteiger partial charge >= 0.3 is 6.09 Å². The Balaban J connectivity index is 2.46. The predicted molar refractivity (Wildman–Crippen MR) is 176 cm³/mol. The number of hydrogen-bond donors (Lipinski definition) is 2. The van der Waals surface area contributed by atoms with Gasteiger partial charge in [0.25, 0.3) is 0 Å². The van der Waals surface area contributed by atoms with Crippen LogP contribution >= 0.6 is 11.8 Å². The van der Waals surface area contributed by atoms with E-state index in [9.17, 15) is 14.4 Å². The Morgan fingerprint density at radius 1 is 1.10 bits per heavy atom. The van der Waals surface area contributed by atoms with Gasteiger partial charge in [-0.25, -0.2) is 4.79 Å². The molecule has 2 N–H and O–H groups in total. The van der Waals surface area contributed by atoms with Crippen LogP contribution in [0.25, 0.3) is 6.08 Å². The number of nitrogens with zero attached hydrogens (tertiary/aromatic N) is 1. The average molecular weight is 602 g/mol. The standard InChI is InChI=1S/C34H55N3O4S/c1-7-9-10-11-12-16-23-37(32(39)29(22-24-42-6)36-33(40)41-34(3,4)5)30(27-19-17-18-26(8-2)25-27)31(38)35-28-20-14-13-15-21-28/h8,17-19,25,28-30H,2,7,9-16,20-24H2,1,3-6H3,(H,35,38)(H,36,40). The number of carbonyl (C=O) groups is 3. The van der Waals surface area contributed by atoms with Gasteiger partial charge in [0.1, 0.15) is 17.7 Å². The fourth-order valence-corrected chi connectivity index (χ4v) is 5.90. The third-order valence-electron chi connectivity index (χ3n) is 7.61. The van der Waals surface area contributed by atoms with E-state index in [1.54, 1.807) is 43.5 Å². The van der Waals surface area contributed by atoms with Crippen LogP contribution in [0.5, 0.6) is 0 Å². The summed E-state index contributed by atoms with van der Waals surface area (Å²) in [6.45, 7) is 11.9. The van der Waals surface area contributed by atoms with Gasteiger partial charge in [-0.2, -0.15) is 11.8 Å². The maximum atomic E-state index is 14.4. The van der Waals surface area contributed by atoms with E-state index < -0.39 is 23.8 Å². The van der Waals surface area contributed by atoms with Crippen LogP contribution in [0.2, 0.25) is 0 Å². The first kappa shape index (κ1) is 35.7. The molecule has 42 heavy (non-hydrogen) atoms. The summed E-state index contributed by atoms with van der Waals surface area (Å²) in [6.07, 6.45) is 15.2. The Labute approximate surface area is 259 Å². The molecule has 236 valence electrons. The second-order valence-electron chi connectivity index (χ2n) is 12.4. The molecule has 8 heteroatoms. The average Bonchev–Trinajstić information content (AvgIpc) is 2.95. The van der Waals surface area contributed by atoms with Crippen molar-refractivity contribution in [2.45, 2.75) is 128 Å². The van der Waals surface area contributed by atoms with Crippen molar-refractivity contribution in [1.82, 2.24) is 15.5 Å². The molecule has 3 amide bonds. The van der Waals surface area contributed by atoms with Gasteiger partial charge in [0.2, 0.25) is 11.8 Å². The molecule has 1 aliphatic rings. The molecule has 1 fully saturated rings. The number of nitrogens with one attached hydrogen (secondary N) is 2. The highest BCUT2D eigenvalue weighted by Gasteiger charge is 2.36. The van der Waals surface area contributed by atoms with Crippen molar-refractivity contribution in [2.24, 2.45) is 0 Å². The summed E-state index contributed by atoms with van der Waals surface area (Å²) < 4.78 is 5.52. The number of hydrogen-bond acceptors (Lipinski definition) is 5. The van der Waals surface area contributed by atoms with Crippen LogP contribution in [0.3, 0.4) is 0 Å². The first-order chi connectivity index (χ1) is 20.1. The number of rotatable bonds is 17. The van der Waals surface area contributed by atoms with Crippen LogP contribution in [-0.4, -0.2) is 59.0 Å². The van der Waals surface area contributed by atoms with Crippen LogP contribution < -0.4 is 10.6 Å². The fraction of sp³-hybridized carbons (Fsp3) is 0.676.